The lowest BCUT2D eigenvalue weighted by molar-refractivity contribution is 0.513. The normalized spacial score (nSPS) is 19.7. The summed E-state index contributed by atoms with van der Waals surface area (Å²) in [6, 6.07) is 8.46. The first-order valence-corrected chi connectivity index (χ1v) is 5.34. The van der Waals surface area contributed by atoms with Crippen molar-refractivity contribution in [1.82, 2.24) is 4.90 Å². The van der Waals surface area contributed by atoms with Crippen molar-refractivity contribution < 1.29 is 0 Å². The lowest BCUT2D eigenvalue weighted by atomic mass is 10.1. The third-order valence-electron chi connectivity index (χ3n) is 3.06. The van der Waals surface area contributed by atoms with Crippen molar-refractivity contribution in [2.75, 3.05) is 13.1 Å². The topological polar surface area (TPSA) is 15.6 Å². The zero-order valence-electron chi connectivity index (χ0n) is 8.24. The fraction of sp³-hybridized carbons (Fsp3) is 0.417. The van der Waals surface area contributed by atoms with Crippen LogP contribution in [0.5, 0.6) is 0 Å². The van der Waals surface area contributed by atoms with Crippen molar-refractivity contribution in [3.05, 3.63) is 29.8 Å². The summed E-state index contributed by atoms with van der Waals surface area (Å²) in [5, 5.41) is 0. The van der Waals surface area contributed by atoms with Crippen molar-refractivity contribution in [3.8, 4) is 0 Å². The van der Waals surface area contributed by atoms with E-state index < -0.39 is 0 Å². The number of amidine groups is 1. The van der Waals surface area contributed by atoms with Gasteiger partial charge >= 0.3 is 0 Å². The zero-order valence-corrected chi connectivity index (χ0v) is 8.24. The number of rotatable bonds is 0. The van der Waals surface area contributed by atoms with Gasteiger partial charge in [-0.25, -0.2) is 4.99 Å². The maximum atomic E-state index is 4.68. The molecular formula is C12H14N2. The van der Waals surface area contributed by atoms with Crippen molar-refractivity contribution in [2.24, 2.45) is 4.99 Å². The quantitative estimate of drug-likeness (QED) is 0.607. The Bertz CT molecular complexity index is 376. The first-order chi connectivity index (χ1) is 6.93. The third-order valence-corrected chi connectivity index (χ3v) is 3.06. The Morgan fingerprint density at radius 2 is 1.86 bits per heavy atom. The van der Waals surface area contributed by atoms with Crippen LogP contribution in [-0.2, 0) is 6.42 Å². The van der Waals surface area contributed by atoms with Crippen molar-refractivity contribution in [2.45, 2.75) is 19.3 Å². The number of aliphatic imine (C=N–C) groups is 1. The van der Waals surface area contributed by atoms with Gasteiger partial charge in [0.15, 0.2) is 0 Å². The maximum absolute atomic E-state index is 4.68. The van der Waals surface area contributed by atoms with Crippen molar-refractivity contribution >= 4 is 11.5 Å². The van der Waals surface area contributed by atoms with Crippen LogP contribution in [0.3, 0.4) is 0 Å². The molecule has 0 atom stereocenters. The zero-order chi connectivity index (χ0) is 9.38. The molecule has 2 aliphatic heterocycles. The van der Waals surface area contributed by atoms with E-state index in [4.69, 9.17) is 0 Å². The van der Waals surface area contributed by atoms with E-state index in [-0.39, 0.29) is 0 Å². The van der Waals surface area contributed by atoms with E-state index >= 15 is 0 Å². The maximum Gasteiger partial charge on any atom is 0.109 e. The number of benzene rings is 1. The summed E-state index contributed by atoms with van der Waals surface area (Å²) in [6.45, 7) is 2.40. The van der Waals surface area contributed by atoms with E-state index in [1.54, 1.807) is 0 Å². The van der Waals surface area contributed by atoms with E-state index in [1.807, 2.05) is 0 Å². The van der Waals surface area contributed by atoms with Crippen LogP contribution in [-0.4, -0.2) is 23.8 Å². The summed E-state index contributed by atoms with van der Waals surface area (Å²) in [5.41, 5.74) is 2.56. The van der Waals surface area contributed by atoms with Crippen LogP contribution < -0.4 is 0 Å². The molecule has 2 nitrogen and oxygen atoms in total. The van der Waals surface area contributed by atoms with Crippen LogP contribution in [0.15, 0.2) is 29.3 Å². The molecule has 0 radical (unpaired) electrons. The van der Waals surface area contributed by atoms with Crippen molar-refractivity contribution in [1.29, 1.82) is 0 Å². The Morgan fingerprint density at radius 3 is 2.64 bits per heavy atom. The first-order valence-electron chi connectivity index (χ1n) is 5.34. The molecule has 2 heterocycles. The van der Waals surface area contributed by atoms with Gasteiger partial charge in [-0.2, -0.15) is 0 Å². The lowest BCUT2D eigenvalue weighted by Gasteiger charge is -2.16. The molecule has 0 aromatic heterocycles. The first kappa shape index (κ1) is 8.04. The van der Waals surface area contributed by atoms with Gasteiger partial charge in [0.05, 0.1) is 5.69 Å². The summed E-state index contributed by atoms with van der Waals surface area (Å²) >= 11 is 0. The van der Waals surface area contributed by atoms with Gasteiger partial charge in [0.2, 0.25) is 0 Å². The molecular weight excluding hydrogens is 172 g/mol. The molecule has 3 rings (SSSR count). The number of likely N-dealkylation sites (tertiary alicyclic amines) is 1. The van der Waals surface area contributed by atoms with Crippen LogP contribution in [0, 0.1) is 0 Å². The highest BCUT2D eigenvalue weighted by atomic mass is 15.2. The molecule has 0 amide bonds. The number of fused-ring (bicyclic) bond motifs is 1. The van der Waals surface area contributed by atoms with E-state index in [0.29, 0.717) is 0 Å². The Hall–Kier alpha value is -1.31. The highest BCUT2D eigenvalue weighted by molar-refractivity contribution is 5.92. The standard InChI is InChI=1S/C12H14N2/c1-2-6-11-10(5-1)9-12(13-11)14-7-3-4-8-14/h1-2,5-6H,3-4,7-9H2. The summed E-state index contributed by atoms with van der Waals surface area (Å²) in [6.07, 6.45) is 3.70. The van der Waals surface area contributed by atoms with Crippen LogP contribution in [0.4, 0.5) is 5.69 Å². The molecule has 0 aliphatic carbocycles. The second kappa shape index (κ2) is 3.12. The smallest absolute Gasteiger partial charge is 0.109 e. The highest BCUT2D eigenvalue weighted by Crippen LogP contribution is 2.28. The van der Waals surface area contributed by atoms with Gasteiger partial charge in [-0.15, -0.1) is 0 Å². The largest absolute Gasteiger partial charge is 0.360 e. The van der Waals surface area contributed by atoms with Gasteiger partial charge in [0.25, 0.3) is 0 Å². The molecule has 1 fully saturated rings. The van der Waals surface area contributed by atoms with Crippen LogP contribution in [0.25, 0.3) is 0 Å². The predicted octanol–water partition coefficient (Wildman–Crippen LogP) is 2.37. The van der Waals surface area contributed by atoms with Crippen molar-refractivity contribution in [3.63, 3.8) is 0 Å². The fourth-order valence-electron chi connectivity index (χ4n) is 2.28. The Labute approximate surface area is 84.3 Å². The molecule has 1 aromatic rings. The second-order valence-corrected chi connectivity index (χ2v) is 4.03. The van der Waals surface area contributed by atoms with Gasteiger partial charge in [-0.05, 0) is 24.5 Å². The number of hydrogen-bond acceptors (Lipinski definition) is 2. The molecule has 2 heteroatoms. The Morgan fingerprint density at radius 1 is 1.07 bits per heavy atom. The molecule has 0 bridgehead atoms. The number of hydrogen-bond donors (Lipinski definition) is 0. The molecule has 14 heavy (non-hydrogen) atoms. The minimum absolute atomic E-state index is 1.04. The number of nitrogens with zero attached hydrogens (tertiary/aromatic N) is 2. The molecule has 1 aromatic carbocycles. The molecule has 1 saturated heterocycles. The SMILES string of the molecule is c1ccc2c(c1)CC(N1CCCC1)=N2. The van der Waals surface area contributed by atoms with Gasteiger partial charge in [0.1, 0.15) is 5.84 Å². The van der Waals surface area contributed by atoms with Crippen LogP contribution >= 0.6 is 0 Å². The summed E-state index contributed by atoms with van der Waals surface area (Å²) in [4.78, 5) is 7.11. The molecule has 2 aliphatic rings. The summed E-state index contributed by atoms with van der Waals surface area (Å²) < 4.78 is 0. The molecule has 0 spiro atoms. The predicted molar refractivity (Wildman–Crippen MR) is 58.0 cm³/mol. The van der Waals surface area contributed by atoms with Gasteiger partial charge < -0.3 is 4.90 Å². The molecule has 72 valence electrons. The van der Waals surface area contributed by atoms with E-state index in [2.05, 4.69) is 34.2 Å². The monoisotopic (exact) mass is 186 g/mol. The van der Waals surface area contributed by atoms with Gasteiger partial charge in [0, 0.05) is 19.5 Å². The third kappa shape index (κ3) is 1.22. The molecule has 0 unspecified atom stereocenters. The average Bonchev–Trinajstić information content (AvgIpc) is 2.86. The highest BCUT2D eigenvalue weighted by Gasteiger charge is 2.21. The minimum Gasteiger partial charge on any atom is -0.360 e. The average molecular weight is 186 g/mol. The van der Waals surface area contributed by atoms with Gasteiger partial charge in [-0.1, -0.05) is 18.2 Å². The fourth-order valence-corrected chi connectivity index (χ4v) is 2.28. The van der Waals surface area contributed by atoms with E-state index in [9.17, 15) is 0 Å². The Balaban J connectivity index is 1.87. The second-order valence-electron chi connectivity index (χ2n) is 4.03. The number of para-hydroxylation sites is 1. The van der Waals surface area contributed by atoms with E-state index in [1.165, 1.54) is 43.0 Å². The molecule has 0 N–H and O–H groups in total. The van der Waals surface area contributed by atoms with E-state index in [0.717, 1.165) is 6.42 Å². The summed E-state index contributed by atoms with van der Waals surface area (Å²) in [5.74, 6) is 1.28. The lowest BCUT2D eigenvalue weighted by Crippen LogP contribution is -2.27. The Kier molecular flexibility index (Phi) is 1.79. The van der Waals surface area contributed by atoms with Crippen LogP contribution in [0.1, 0.15) is 18.4 Å². The van der Waals surface area contributed by atoms with Gasteiger partial charge in [-0.3, -0.25) is 0 Å². The summed E-state index contributed by atoms with van der Waals surface area (Å²) in [7, 11) is 0. The minimum atomic E-state index is 1.04. The van der Waals surface area contributed by atoms with Crippen LogP contribution in [0.2, 0.25) is 0 Å². The molecule has 0 saturated carbocycles.